The van der Waals surface area contributed by atoms with Crippen LogP contribution in [0.5, 0.6) is 17.2 Å². The van der Waals surface area contributed by atoms with Crippen LogP contribution in [0.3, 0.4) is 0 Å². The summed E-state index contributed by atoms with van der Waals surface area (Å²) >= 11 is 1.51. The van der Waals surface area contributed by atoms with Crippen LogP contribution in [0.2, 0.25) is 0 Å². The number of methoxy groups -OCH3 is 2. The summed E-state index contributed by atoms with van der Waals surface area (Å²) in [5.74, 6) is 0.847. The average Bonchev–Trinajstić information content (AvgIpc) is 3.85. The van der Waals surface area contributed by atoms with Crippen molar-refractivity contribution in [3.05, 3.63) is 76.8 Å². The van der Waals surface area contributed by atoms with Gasteiger partial charge in [-0.3, -0.25) is 19.2 Å². The lowest BCUT2D eigenvalue weighted by atomic mass is 10.1. The summed E-state index contributed by atoms with van der Waals surface area (Å²) in [6, 6.07) is 10.9. The molecule has 16 heteroatoms. The molecular weight excluding hydrogens is 817 g/mol. The fourth-order valence-electron chi connectivity index (χ4n) is 7.98. The van der Waals surface area contributed by atoms with Crippen molar-refractivity contribution in [3.63, 3.8) is 0 Å². The molecule has 4 heterocycles. The van der Waals surface area contributed by atoms with E-state index in [1.54, 1.807) is 19.1 Å². The van der Waals surface area contributed by atoms with Crippen molar-refractivity contribution in [2.45, 2.75) is 114 Å². The Labute approximate surface area is 362 Å². The predicted octanol–water partition coefficient (Wildman–Crippen LogP) is 5.84. The third-order valence-corrected chi connectivity index (χ3v) is 14.4. The molecule has 1 saturated carbocycles. The number of hydrogen-bond acceptors (Lipinski definition) is 11. The average molecular weight is 874 g/mol. The van der Waals surface area contributed by atoms with Gasteiger partial charge in [0.2, 0.25) is 10.0 Å². The number of rotatable bonds is 11. The maximum atomic E-state index is 14.9. The first-order valence-corrected chi connectivity index (χ1v) is 23.7. The number of amides is 4. The number of urea groups is 1. The molecule has 0 spiro atoms. The normalized spacial score (nSPS) is 21.9. The highest BCUT2D eigenvalue weighted by Gasteiger charge is 2.49. The van der Waals surface area contributed by atoms with Gasteiger partial charge in [0.25, 0.3) is 11.8 Å². The molecule has 2 fully saturated rings. The maximum absolute atomic E-state index is 14.9. The summed E-state index contributed by atoms with van der Waals surface area (Å²) < 4.78 is 45.9. The van der Waals surface area contributed by atoms with Crippen molar-refractivity contribution in [2.24, 2.45) is 0 Å². The fourth-order valence-corrected chi connectivity index (χ4v) is 10.3. The summed E-state index contributed by atoms with van der Waals surface area (Å²) in [4.78, 5) is 55.2. The standard InChI is InChI=1S/C45H56N6O8S2/c1-28(2)37-27-60-44(48-37)36-24-40(34-20-21-39(58-5)29(3)41(34)46-36)59-32-23-38-43(53)47-35(42(52)49-61(55,56)33-18-19-33)13-11-9-7-6-8-10-12-22-50(45(54)51(38)26-32)25-30-14-16-31(57-4)17-15-30/h7,9,14-17,20-21,24,27-28,32-33,35,38H,6,8,10-13,18-19,22-23,25-26H2,1-5H3,(H,47,53)(H,49,52)/p+1. The SMILES string of the molecule is COc1ccc(CN2CCCCCC=CCCC(C(=O)NS(=O)(=O)C3CC3)NC(=O)C3CC(Oc4cc(-c5nc(C(C)C)cs5)nc5c(C)c(OC)ccc45)C[NH+]3C2=O)cc1. The molecule has 2 aromatic carbocycles. The number of benzene rings is 2. The number of ether oxygens (including phenoxy) is 3. The molecule has 3 N–H and O–H groups in total. The Morgan fingerprint density at radius 3 is 2.46 bits per heavy atom. The number of nitrogens with zero attached hydrogens (tertiary/aromatic N) is 3. The minimum Gasteiger partial charge on any atom is -0.497 e. The molecule has 4 amide bonds. The highest BCUT2D eigenvalue weighted by atomic mass is 32.2. The van der Waals surface area contributed by atoms with Crippen LogP contribution in [-0.2, 0) is 26.2 Å². The topological polar surface area (TPSA) is 171 Å². The molecule has 2 aliphatic heterocycles. The molecule has 0 bridgehead atoms. The van der Waals surface area contributed by atoms with Gasteiger partial charge in [0.05, 0.1) is 43.6 Å². The number of thiazole rings is 1. The summed E-state index contributed by atoms with van der Waals surface area (Å²) in [7, 11) is -0.643. The van der Waals surface area contributed by atoms with Gasteiger partial charge in [-0.2, -0.15) is 0 Å². The summed E-state index contributed by atoms with van der Waals surface area (Å²) in [5, 5.41) is 5.80. The minimum absolute atomic E-state index is 0.154. The Morgan fingerprint density at radius 2 is 1.75 bits per heavy atom. The number of fused-ring (bicyclic) bond motifs is 2. The van der Waals surface area contributed by atoms with E-state index >= 15 is 0 Å². The number of carbonyl (C=O) groups is 3. The van der Waals surface area contributed by atoms with Crippen LogP contribution in [0.15, 0.2) is 60.0 Å². The second-order valence-corrected chi connectivity index (χ2v) is 19.3. The van der Waals surface area contributed by atoms with E-state index in [0.29, 0.717) is 65.7 Å². The molecule has 0 radical (unpaired) electrons. The first-order valence-electron chi connectivity index (χ1n) is 21.2. The smallest absolute Gasteiger partial charge is 0.418 e. The molecule has 2 aromatic heterocycles. The van der Waals surface area contributed by atoms with E-state index in [1.807, 2.05) is 60.8 Å². The second-order valence-electron chi connectivity index (χ2n) is 16.5. The highest BCUT2D eigenvalue weighted by molar-refractivity contribution is 7.90. The lowest BCUT2D eigenvalue weighted by Crippen LogP contribution is -3.19. The quantitative estimate of drug-likeness (QED) is 0.156. The molecule has 4 atom stereocenters. The summed E-state index contributed by atoms with van der Waals surface area (Å²) in [6.07, 6.45) is 8.63. The van der Waals surface area contributed by atoms with Gasteiger partial charge in [-0.05, 0) is 87.6 Å². The van der Waals surface area contributed by atoms with Gasteiger partial charge in [-0.1, -0.05) is 44.6 Å². The number of hydrogen-bond donors (Lipinski definition) is 3. The van der Waals surface area contributed by atoms with Crippen LogP contribution in [-0.4, -0.2) is 91.9 Å². The lowest BCUT2D eigenvalue weighted by molar-refractivity contribution is -0.824. The van der Waals surface area contributed by atoms with Crippen molar-refractivity contribution in [1.82, 2.24) is 24.9 Å². The Bertz CT molecular complexity index is 2360. The molecule has 1 aliphatic carbocycles. The molecule has 61 heavy (non-hydrogen) atoms. The molecule has 4 aromatic rings. The van der Waals surface area contributed by atoms with Crippen molar-refractivity contribution in [1.29, 1.82) is 0 Å². The number of aromatic nitrogens is 2. The summed E-state index contributed by atoms with van der Waals surface area (Å²) in [6.45, 7) is 7.09. The van der Waals surface area contributed by atoms with Crippen molar-refractivity contribution < 1.29 is 41.9 Å². The van der Waals surface area contributed by atoms with Crippen LogP contribution >= 0.6 is 11.3 Å². The third kappa shape index (κ3) is 10.5. The van der Waals surface area contributed by atoms with Crippen LogP contribution < -0.4 is 29.1 Å². The Kier molecular flexibility index (Phi) is 13.9. The molecular formula is C45H57N6O8S2+. The Balaban J connectivity index is 1.24. The van der Waals surface area contributed by atoms with E-state index in [9.17, 15) is 22.8 Å². The van der Waals surface area contributed by atoms with Gasteiger partial charge in [-0.25, -0.2) is 28.1 Å². The van der Waals surface area contributed by atoms with Gasteiger partial charge in [0.15, 0.2) is 12.1 Å². The van der Waals surface area contributed by atoms with Gasteiger partial charge < -0.3 is 19.5 Å². The lowest BCUT2D eigenvalue weighted by Gasteiger charge is -2.28. The number of quaternary nitrogens is 1. The summed E-state index contributed by atoms with van der Waals surface area (Å²) in [5.41, 5.74) is 4.03. The Hall–Kier alpha value is -5.06. The fraction of sp³-hybridized carbons (Fsp3) is 0.489. The van der Waals surface area contributed by atoms with Crippen LogP contribution in [0, 0.1) is 6.92 Å². The van der Waals surface area contributed by atoms with Gasteiger partial charge >= 0.3 is 6.03 Å². The van der Waals surface area contributed by atoms with Gasteiger partial charge in [0, 0.05) is 28.9 Å². The largest absolute Gasteiger partial charge is 0.497 e. The molecule has 7 rings (SSSR count). The molecule has 14 nitrogen and oxygen atoms in total. The minimum atomic E-state index is -3.87. The van der Waals surface area contributed by atoms with Crippen molar-refractivity contribution >= 4 is 50.1 Å². The molecule has 326 valence electrons. The third-order valence-electron chi connectivity index (χ3n) is 11.7. The number of nitrogens with one attached hydrogen (secondary N) is 3. The van der Waals surface area contributed by atoms with Crippen LogP contribution in [0.1, 0.15) is 94.4 Å². The van der Waals surface area contributed by atoms with Crippen molar-refractivity contribution in [3.8, 4) is 28.0 Å². The molecule has 3 aliphatic rings. The van der Waals surface area contributed by atoms with E-state index in [1.165, 1.54) is 11.3 Å². The zero-order chi connectivity index (χ0) is 43.3. The van der Waals surface area contributed by atoms with E-state index in [4.69, 9.17) is 24.2 Å². The van der Waals surface area contributed by atoms with Gasteiger partial charge in [0.1, 0.15) is 40.5 Å². The number of allylic oxidation sites excluding steroid dienone is 2. The predicted molar refractivity (Wildman–Crippen MR) is 235 cm³/mol. The van der Waals surface area contributed by atoms with E-state index < -0.39 is 45.3 Å². The number of aryl methyl sites for hydroxylation is 1. The second kappa shape index (κ2) is 19.3. The number of sulfonamides is 1. The van der Waals surface area contributed by atoms with Crippen LogP contribution in [0.4, 0.5) is 4.79 Å². The number of pyridine rings is 1. The van der Waals surface area contributed by atoms with Gasteiger partial charge in [-0.15, -0.1) is 11.3 Å². The first-order chi connectivity index (χ1) is 29.3. The van der Waals surface area contributed by atoms with E-state index in [-0.39, 0.29) is 31.3 Å². The van der Waals surface area contributed by atoms with Crippen LogP contribution in [0.25, 0.3) is 21.6 Å². The van der Waals surface area contributed by atoms with E-state index in [0.717, 1.165) is 52.9 Å². The van der Waals surface area contributed by atoms with Crippen molar-refractivity contribution in [2.75, 3.05) is 27.3 Å². The molecule has 4 unspecified atom stereocenters. The zero-order valence-electron chi connectivity index (χ0n) is 35.6. The maximum Gasteiger partial charge on any atom is 0.418 e. The Morgan fingerprint density at radius 1 is 0.984 bits per heavy atom. The number of carbonyl (C=O) groups excluding carboxylic acids is 3. The zero-order valence-corrected chi connectivity index (χ0v) is 37.2. The monoisotopic (exact) mass is 873 g/mol. The first kappa shape index (κ1) is 44.0. The highest BCUT2D eigenvalue weighted by Crippen LogP contribution is 2.37. The van der Waals surface area contributed by atoms with E-state index in [2.05, 4.69) is 30.0 Å². The molecule has 1 saturated heterocycles.